The van der Waals surface area contributed by atoms with E-state index in [9.17, 15) is 0 Å². The first-order valence-electron chi connectivity index (χ1n) is 8.34. The van der Waals surface area contributed by atoms with Crippen LogP contribution in [0.1, 0.15) is 0 Å². The molecular formula is C24H20Cl2O. The second kappa shape index (κ2) is 10.5. The molecule has 0 aromatic heterocycles. The van der Waals surface area contributed by atoms with Crippen molar-refractivity contribution < 1.29 is 5.48 Å². The van der Waals surface area contributed by atoms with E-state index in [-0.39, 0.29) is 5.48 Å². The lowest BCUT2D eigenvalue weighted by atomic mass is 10.1. The minimum absolute atomic E-state index is 0. The summed E-state index contributed by atoms with van der Waals surface area (Å²) in [4.78, 5) is 0. The Hall–Kier alpha value is -2.58. The quantitative estimate of drug-likeness (QED) is 0.344. The molecule has 0 amide bonds. The molecule has 27 heavy (non-hydrogen) atoms. The summed E-state index contributed by atoms with van der Waals surface area (Å²) in [6.07, 6.45) is 0. The maximum atomic E-state index is 5.89. The van der Waals surface area contributed by atoms with Gasteiger partial charge in [0.1, 0.15) is 0 Å². The fraction of sp³-hybridized carbons (Fsp3) is 0. The van der Waals surface area contributed by atoms with Gasteiger partial charge < -0.3 is 5.48 Å². The number of rotatable bonds is 2. The Balaban J connectivity index is 0.000000187. The number of hydrogen-bond acceptors (Lipinski definition) is 0. The van der Waals surface area contributed by atoms with E-state index in [1.165, 1.54) is 11.1 Å². The highest BCUT2D eigenvalue weighted by atomic mass is 35.5. The van der Waals surface area contributed by atoms with Gasteiger partial charge in [-0.1, -0.05) is 108 Å². The SMILES string of the molecule is Clc1cccc(-c2ccccc2)c1.Clc1cccc(-c2ccccc2)c1.O. The van der Waals surface area contributed by atoms with Crippen LogP contribution in [0.25, 0.3) is 22.3 Å². The van der Waals surface area contributed by atoms with Crippen molar-refractivity contribution >= 4 is 23.2 Å². The predicted molar refractivity (Wildman–Crippen MR) is 117 cm³/mol. The van der Waals surface area contributed by atoms with Gasteiger partial charge in [0.15, 0.2) is 0 Å². The van der Waals surface area contributed by atoms with Crippen LogP contribution in [0, 0.1) is 0 Å². The molecule has 0 radical (unpaired) electrons. The Morgan fingerprint density at radius 2 is 0.704 bits per heavy atom. The molecule has 0 unspecified atom stereocenters. The van der Waals surface area contributed by atoms with Crippen LogP contribution in [0.15, 0.2) is 109 Å². The molecule has 0 heterocycles. The molecule has 2 N–H and O–H groups in total. The second-order valence-electron chi connectivity index (χ2n) is 5.75. The summed E-state index contributed by atoms with van der Waals surface area (Å²) in [7, 11) is 0. The van der Waals surface area contributed by atoms with Crippen LogP contribution < -0.4 is 0 Å². The van der Waals surface area contributed by atoms with Crippen molar-refractivity contribution in [1.82, 2.24) is 0 Å². The average molecular weight is 395 g/mol. The number of hydrogen-bond donors (Lipinski definition) is 0. The fourth-order valence-corrected chi connectivity index (χ4v) is 2.98. The smallest absolute Gasteiger partial charge is 0.0412 e. The number of halogens is 2. The Labute approximate surface area is 170 Å². The lowest BCUT2D eigenvalue weighted by Gasteiger charge is -2.00. The standard InChI is InChI=1S/2C12H9Cl.H2O/c2*13-12-8-4-7-11(9-12)10-5-2-1-3-6-10;/h2*1-9H;1H2. The Morgan fingerprint density at radius 3 is 1.04 bits per heavy atom. The maximum absolute atomic E-state index is 5.89. The summed E-state index contributed by atoms with van der Waals surface area (Å²) in [6.45, 7) is 0. The van der Waals surface area contributed by atoms with Gasteiger partial charge in [-0.05, 0) is 46.5 Å². The van der Waals surface area contributed by atoms with E-state index in [0.717, 1.165) is 21.2 Å². The molecule has 0 atom stereocenters. The van der Waals surface area contributed by atoms with Crippen LogP contribution in [-0.2, 0) is 0 Å². The van der Waals surface area contributed by atoms with E-state index in [2.05, 4.69) is 36.4 Å². The van der Waals surface area contributed by atoms with Gasteiger partial charge in [-0.2, -0.15) is 0 Å². The zero-order chi connectivity index (χ0) is 18.2. The third-order valence-electron chi connectivity index (χ3n) is 3.86. The van der Waals surface area contributed by atoms with Crippen molar-refractivity contribution in [3.8, 4) is 22.3 Å². The highest BCUT2D eigenvalue weighted by molar-refractivity contribution is 6.31. The largest absolute Gasteiger partial charge is 0.412 e. The van der Waals surface area contributed by atoms with E-state index >= 15 is 0 Å². The van der Waals surface area contributed by atoms with Gasteiger partial charge in [0.05, 0.1) is 0 Å². The molecule has 0 aliphatic carbocycles. The first-order chi connectivity index (χ1) is 12.7. The third-order valence-corrected chi connectivity index (χ3v) is 4.33. The highest BCUT2D eigenvalue weighted by Gasteiger charge is 1.96. The molecule has 0 aliphatic rings. The summed E-state index contributed by atoms with van der Waals surface area (Å²) in [5, 5.41) is 1.56. The average Bonchev–Trinajstić information content (AvgIpc) is 2.70. The molecular weight excluding hydrogens is 375 g/mol. The molecule has 3 heteroatoms. The van der Waals surface area contributed by atoms with E-state index < -0.39 is 0 Å². The highest BCUT2D eigenvalue weighted by Crippen LogP contribution is 2.22. The molecule has 0 saturated heterocycles. The Kier molecular flexibility index (Phi) is 8.09. The first-order valence-corrected chi connectivity index (χ1v) is 9.10. The minimum atomic E-state index is 0. The van der Waals surface area contributed by atoms with E-state index in [1.807, 2.05) is 72.8 Å². The van der Waals surface area contributed by atoms with E-state index in [0.29, 0.717) is 0 Å². The van der Waals surface area contributed by atoms with Crippen LogP contribution in [-0.4, -0.2) is 5.48 Å². The maximum Gasteiger partial charge on any atom is 0.0412 e. The molecule has 1 nitrogen and oxygen atoms in total. The Morgan fingerprint density at radius 1 is 0.370 bits per heavy atom. The fourth-order valence-electron chi connectivity index (χ4n) is 2.60. The molecule has 0 aliphatic heterocycles. The zero-order valence-corrected chi connectivity index (χ0v) is 16.2. The normalized spacial score (nSPS) is 9.56. The van der Waals surface area contributed by atoms with Gasteiger partial charge in [-0.3, -0.25) is 0 Å². The molecule has 4 aromatic rings. The van der Waals surface area contributed by atoms with Crippen LogP contribution in [0.3, 0.4) is 0 Å². The first kappa shape index (κ1) is 20.7. The summed E-state index contributed by atoms with van der Waals surface area (Å²) >= 11 is 11.8. The predicted octanol–water partition coefficient (Wildman–Crippen LogP) is 7.19. The van der Waals surface area contributed by atoms with E-state index in [4.69, 9.17) is 23.2 Å². The van der Waals surface area contributed by atoms with Gasteiger partial charge in [0, 0.05) is 10.0 Å². The molecule has 4 rings (SSSR count). The van der Waals surface area contributed by atoms with Gasteiger partial charge in [-0.15, -0.1) is 0 Å². The topological polar surface area (TPSA) is 31.5 Å². The molecule has 0 spiro atoms. The monoisotopic (exact) mass is 394 g/mol. The van der Waals surface area contributed by atoms with Crippen molar-refractivity contribution in [3.63, 3.8) is 0 Å². The lowest BCUT2D eigenvalue weighted by molar-refractivity contribution is 0.824. The molecule has 4 aromatic carbocycles. The summed E-state index contributed by atoms with van der Waals surface area (Å²) in [6, 6.07) is 36.2. The van der Waals surface area contributed by atoms with Crippen molar-refractivity contribution in [1.29, 1.82) is 0 Å². The Bertz CT molecular complexity index is 873. The van der Waals surface area contributed by atoms with E-state index in [1.54, 1.807) is 0 Å². The van der Waals surface area contributed by atoms with Crippen molar-refractivity contribution in [2.75, 3.05) is 0 Å². The summed E-state index contributed by atoms with van der Waals surface area (Å²) in [5.41, 5.74) is 4.72. The molecule has 0 bridgehead atoms. The molecule has 0 saturated carbocycles. The lowest BCUT2D eigenvalue weighted by Crippen LogP contribution is -1.75. The zero-order valence-electron chi connectivity index (χ0n) is 14.6. The van der Waals surface area contributed by atoms with Gasteiger partial charge in [0.2, 0.25) is 0 Å². The van der Waals surface area contributed by atoms with Crippen molar-refractivity contribution in [3.05, 3.63) is 119 Å². The van der Waals surface area contributed by atoms with Crippen molar-refractivity contribution in [2.45, 2.75) is 0 Å². The third kappa shape index (κ3) is 6.26. The van der Waals surface area contributed by atoms with Gasteiger partial charge in [-0.25, -0.2) is 0 Å². The van der Waals surface area contributed by atoms with Crippen LogP contribution in [0.5, 0.6) is 0 Å². The van der Waals surface area contributed by atoms with Crippen LogP contribution >= 0.6 is 23.2 Å². The second-order valence-corrected chi connectivity index (χ2v) is 6.63. The van der Waals surface area contributed by atoms with Crippen molar-refractivity contribution in [2.24, 2.45) is 0 Å². The van der Waals surface area contributed by atoms with Crippen LogP contribution in [0.4, 0.5) is 0 Å². The molecule has 0 fully saturated rings. The molecule has 136 valence electrons. The number of benzene rings is 4. The van der Waals surface area contributed by atoms with Gasteiger partial charge in [0.25, 0.3) is 0 Å². The summed E-state index contributed by atoms with van der Waals surface area (Å²) in [5.74, 6) is 0. The summed E-state index contributed by atoms with van der Waals surface area (Å²) < 4.78 is 0. The minimum Gasteiger partial charge on any atom is -0.412 e. The van der Waals surface area contributed by atoms with Gasteiger partial charge >= 0.3 is 0 Å². The van der Waals surface area contributed by atoms with Crippen LogP contribution in [0.2, 0.25) is 10.0 Å².